The Morgan fingerprint density at radius 1 is 1.35 bits per heavy atom. The summed E-state index contributed by atoms with van der Waals surface area (Å²) in [6, 6.07) is 2.99. The van der Waals surface area contributed by atoms with Crippen LogP contribution in [0.25, 0.3) is 0 Å². The molecule has 0 radical (unpaired) electrons. The average molecular weight is 494 g/mol. The lowest BCUT2D eigenvalue weighted by Crippen LogP contribution is -2.48. The summed E-state index contributed by atoms with van der Waals surface area (Å²) in [5.74, 6) is -2.22. The summed E-state index contributed by atoms with van der Waals surface area (Å²) in [6.45, 7) is -3.24. The fourth-order valence-corrected chi connectivity index (χ4v) is 3.39. The second-order valence-corrected chi connectivity index (χ2v) is 7.33. The number of carbonyl (C=O) groups is 1. The van der Waals surface area contributed by atoms with E-state index in [1.807, 2.05) is 0 Å². The highest BCUT2D eigenvalue weighted by atomic mass is 19.4. The molecule has 2 atom stereocenters. The Kier molecular flexibility index (Phi) is 6.89. The van der Waals surface area contributed by atoms with Crippen LogP contribution in [0.1, 0.15) is 28.0 Å². The first-order chi connectivity index (χ1) is 15.8. The number of nitrogens with one attached hydrogen (secondary N) is 1. The van der Waals surface area contributed by atoms with Gasteiger partial charge in [-0.3, -0.25) is 4.79 Å². The number of anilines is 1. The summed E-state index contributed by atoms with van der Waals surface area (Å²) in [4.78, 5) is 19.9. The number of alkyl halides is 6. The topological polar surface area (TPSA) is 98.8 Å². The number of amides is 1. The minimum absolute atomic E-state index is 0.118. The van der Waals surface area contributed by atoms with Gasteiger partial charge in [0.05, 0.1) is 6.20 Å². The summed E-state index contributed by atoms with van der Waals surface area (Å²) in [7, 11) is 0. The third-order valence-corrected chi connectivity index (χ3v) is 4.92. The maximum Gasteiger partial charge on any atom is 0.425 e. The highest BCUT2D eigenvalue weighted by molar-refractivity contribution is 6.03. The van der Waals surface area contributed by atoms with Gasteiger partial charge >= 0.3 is 12.8 Å². The molecule has 2 aromatic rings. The second-order valence-electron chi connectivity index (χ2n) is 7.33. The third-order valence-electron chi connectivity index (χ3n) is 4.92. The Morgan fingerprint density at radius 3 is 2.65 bits per heavy atom. The number of aryl methyl sites for hydroxylation is 1. The lowest BCUT2D eigenvalue weighted by atomic mass is 9.84. The van der Waals surface area contributed by atoms with Gasteiger partial charge in [0.1, 0.15) is 29.5 Å². The van der Waals surface area contributed by atoms with Crippen molar-refractivity contribution in [3.63, 3.8) is 0 Å². The van der Waals surface area contributed by atoms with Crippen molar-refractivity contribution in [3.05, 3.63) is 53.1 Å². The van der Waals surface area contributed by atoms with Crippen LogP contribution in [0.4, 0.5) is 36.4 Å². The number of aromatic nitrogens is 1. The maximum absolute atomic E-state index is 14.6. The number of pyridine rings is 1. The van der Waals surface area contributed by atoms with Gasteiger partial charge in [0.15, 0.2) is 6.10 Å². The number of amidine groups is 1. The highest BCUT2D eigenvalue weighted by Crippen LogP contribution is 2.42. The number of halogens is 7. The third kappa shape index (κ3) is 5.31. The maximum atomic E-state index is 14.6. The fourth-order valence-electron chi connectivity index (χ4n) is 3.39. The lowest BCUT2D eigenvalue weighted by Gasteiger charge is -2.36. The van der Waals surface area contributed by atoms with Crippen LogP contribution in [0.2, 0.25) is 0 Å². The van der Waals surface area contributed by atoms with E-state index in [-0.39, 0.29) is 22.7 Å². The summed E-state index contributed by atoms with van der Waals surface area (Å²) >= 11 is 0. The Balaban J connectivity index is 1.92. The van der Waals surface area contributed by atoms with Crippen LogP contribution in [-0.4, -0.2) is 42.5 Å². The van der Waals surface area contributed by atoms with Crippen molar-refractivity contribution in [1.82, 2.24) is 4.98 Å². The van der Waals surface area contributed by atoms with E-state index >= 15 is 0 Å². The van der Waals surface area contributed by atoms with Crippen LogP contribution in [0, 0.1) is 12.7 Å². The Hall–Kier alpha value is -3.58. The number of rotatable bonds is 6. The lowest BCUT2D eigenvalue weighted by molar-refractivity contribution is -0.209. The first-order valence-electron chi connectivity index (χ1n) is 9.52. The van der Waals surface area contributed by atoms with Crippen molar-refractivity contribution in [2.45, 2.75) is 37.8 Å². The molecule has 1 aromatic heterocycles. The van der Waals surface area contributed by atoms with E-state index in [1.54, 1.807) is 0 Å². The summed E-state index contributed by atoms with van der Waals surface area (Å²) in [6.07, 6.45) is -7.65. The van der Waals surface area contributed by atoms with Crippen LogP contribution < -0.4 is 15.8 Å². The number of ether oxygens (including phenoxy) is 2. The molecule has 1 aliphatic heterocycles. The predicted molar refractivity (Wildman–Crippen MR) is 105 cm³/mol. The molecule has 1 aromatic carbocycles. The molecule has 0 saturated carbocycles. The second kappa shape index (κ2) is 9.35. The molecule has 184 valence electrons. The Bertz CT molecular complexity index is 1110. The van der Waals surface area contributed by atoms with Crippen LogP contribution >= 0.6 is 0 Å². The van der Waals surface area contributed by atoms with Gasteiger partial charge in [-0.25, -0.2) is 18.8 Å². The van der Waals surface area contributed by atoms with Crippen LogP contribution in [0.5, 0.6) is 5.75 Å². The molecule has 0 saturated heterocycles. The van der Waals surface area contributed by atoms with Gasteiger partial charge in [0.2, 0.25) is 0 Å². The number of aliphatic imine (C=N–C) groups is 1. The standard InChI is InChI=1S/C20H17F7N4O3/c1-9-4-11(33-17(23)24)7-29-15(9)16(32)30-10-2-3-13(22)12(5-10)19(8-21)6-14(20(25,26)27)34-18(28)31-19/h2-5,7,14,17H,6,8H2,1H3,(H2,28,31)(H,30,32). The molecular formula is C20H17F7N4O3. The molecule has 2 unspecified atom stereocenters. The van der Waals surface area contributed by atoms with Crippen molar-refractivity contribution in [3.8, 4) is 5.75 Å². The zero-order valence-corrected chi connectivity index (χ0v) is 17.3. The number of benzene rings is 1. The van der Waals surface area contributed by atoms with Gasteiger partial charge in [-0.2, -0.15) is 22.0 Å². The molecule has 3 N–H and O–H groups in total. The zero-order chi connectivity index (χ0) is 25.3. The van der Waals surface area contributed by atoms with Gasteiger partial charge in [0.25, 0.3) is 11.9 Å². The largest absolute Gasteiger partial charge is 0.452 e. The molecule has 1 amide bonds. The van der Waals surface area contributed by atoms with Crippen LogP contribution in [0.15, 0.2) is 35.5 Å². The number of hydrogen-bond donors (Lipinski definition) is 2. The van der Waals surface area contributed by atoms with E-state index in [0.717, 1.165) is 30.5 Å². The summed E-state index contributed by atoms with van der Waals surface area (Å²) in [5, 5.41) is 2.35. The quantitative estimate of drug-likeness (QED) is 0.587. The van der Waals surface area contributed by atoms with Crippen LogP contribution in [0.3, 0.4) is 0 Å². The van der Waals surface area contributed by atoms with Gasteiger partial charge in [-0.15, -0.1) is 0 Å². The SMILES string of the molecule is Cc1cc(OC(F)F)cnc1C(=O)Nc1ccc(F)c(C2(CF)CC(C(F)(F)F)OC(N)=N2)c1. The van der Waals surface area contributed by atoms with Gasteiger partial charge < -0.3 is 20.5 Å². The average Bonchev–Trinajstić information content (AvgIpc) is 2.73. The molecule has 2 heterocycles. The highest BCUT2D eigenvalue weighted by Gasteiger charge is 2.52. The summed E-state index contributed by atoms with van der Waals surface area (Å²) in [5.41, 5.74) is 2.23. The number of carbonyl (C=O) groups excluding carboxylic acids is 1. The van der Waals surface area contributed by atoms with Gasteiger partial charge in [-0.05, 0) is 36.8 Å². The molecule has 0 spiro atoms. The minimum atomic E-state index is -4.92. The first-order valence-corrected chi connectivity index (χ1v) is 9.52. The van der Waals surface area contributed by atoms with E-state index in [0.29, 0.717) is 0 Å². The number of hydrogen-bond acceptors (Lipinski definition) is 6. The molecule has 3 rings (SSSR count). The molecule has 34 heavy (non-hydrogen) atoms. The van der Waals surface area contributed by atoms with E-state index < -0.39 is 60.8 Å². The normalized spacial score (nSPS) is 20.5. The van der Waals surface area contributed by atoms with E-state index in [4.69, 9.17) is 5.73 Å². The van der Waals surface area contributed by atoms with E-state index in [2.05, 4.69) is 24.8 Å². The van der Waals surface area contributed by atoms with E-state index in [9.17, 15) is 35.5 Å². The molecule has 7 nitrogen and oxygen atoms in total. The molecule has 0 bridgehead atoms. The molecular weight excluding hydrogens is 477 g/mol. The molecule has 14 heteroatoms. The monoisotopic (exact) mass is 494 g/mol. The van der Waals surface area contributed by atoms with Crippen LogP contribution in [-0.2, 0) is 10.3 Å². The van der Waals surface area contributed by atoms with Crippen molar-refractivity contribution in [1.29, 1.82) is 0 Å². The number of nitrogens with zero attached hydrogens (tertiary/aromatic N) is 2. The fraction of sp³-hybridized carbons (Fsp3) is 0.350. The predicted octanol–water partition coefficient (Wildman–Crippen LogP) is 4.21. The smallest absolute Gasteiger partial charge is 0.425 e. The minimum Gasteiger partial charge on any atom is -0.452 e. The zero-order valence-electron chi connectivity index (χ0n) is 17.3. The van der Waals surface area contributed by atoms with E-state index in [1.165, 1.54) is 6.92 Å². The summed E-state index contributed by atoms with van der Waals surface area (Å²) < 4.78 is 102. The first kappa shape index (κ1) is 25.1. The van der Waals surface area contributed by atoms with Crippen molar-refractivity contribution in [2.24, 2.45) is 10.7 Å². The van der Waals surface area contributed by atoms with Gasteiger partial charge in [0, 0.05) is 17.7 Å². The molecule has 1 aliphatic rings. The Labute approximate surface area is 187 Å². The van der Waals surface area contributed by atoms with Crippen molar-refractivity contribution >= 4 is 17.6 Å². The van der Waals surface area contributed by atoms with Gasteiger partial charge in [-0.1, -0.05) is 0 Å². The van der Waals surface area contributed by atoms with Crippen molar-refractivity contribution in [2.75, 3.05) is 12.0 Å². The molecule has 0 fully saturated rings. The Morgan fingerprint density at radius 2 is 2.06 bits per heavy atom. The number of nitrogens with two attached hydrogens (primary N) is 1. The van der Waals surface area contributed by atoms with Crippen molar-refractivity contribution < 1.29 is 45.0 Å². The molecule has 0 aliphatic carbocycles.